The van der Waals surface area contributed by atoms with E-state index in [1.807, 2.05) is 31.5 Å². The number of aromatic nitrogens is 2. The van der Waals surface area contributed by atoms with Gasteiger partial charge in [0.1, 0.15) is 0 Å². The molecule has 1 N–H and O–H groups in total. The number of carbonyl (C=O) groups is 1. The van der Waals surface area contributed by atoms with Crippen molar-refractivity contribution in [2.75, 3.05) is 0 Å². The fourth-order valence-corrected chi connectivity index (χ4v) is 1.78. The van der Waals surface area contributed by atoms with E-state index in [-0.39, 0.29) is 11.8 Å². The first-order valence-electron chi connectivity index (χ1n) is 6.01. The number of nitrogens with one attached hydrogen (secondary N) is 1. The molecule has 0 fully saturated rings. The minimum atomic E-state index is 0.137. The maximum Gasteiger partial charge on any atom is 0.223 e. The Labute approximate surface area is 97.0 Å². The summed E-state index contributed by atoms with van der Waals surface area (Å²) in [5.41, 5.74) is 1.06. The van der Waals surface area contributed by atoms with Gasteiger partial charge in [-0.3, -0.25) is 9.48 Å². The Morgan fingerprint density at radius 1 is 1.44 bits per heavy atom. The van der Waals surface area contributed by atoms with Crippen LogP contribution in [0.25, 0.3) is 0 Å². The second-order valence-electron chi connectivity index (χ2n) is 3.87. The summed E-state index contributed by atoms with van der Waals surface area (Å²) in [6.45, 7) is 7.54. The summed E-state index contributed by atoms with van der Waals surface area (Å²) in [6.07, 6.45) is 3.56. The Morgan fingerprint density at radius 3 is 2.69 bits per heavy atom. The van der Waals surface area contributed by atoms with Gasteiger partial charge < -0.3 is 5.32 Å². The maximum atomic E-state index is 11.8. The van der Waals surface area contributed by atoms with Gasteiger partial charge in [-0.25, -0.2) is 0 Å². The fourth-order valence-electron chi connectivity index (χ4n) is 1.78. The van der Waals surface area contributed by atoms with Crippen molar-refractivity contribution in [2.45, 2.75) is 46.7 Å². The Morgan fingerprint density at radius 2 is 2.12 bits per heavy atom. The summed E-state index contributed by atoms with van der Waals surface area (Å²) >= 11 is 0. The highest BCUT2D eigenvalue weighted by molar-refractivity contribution is 5.78. The minimum Gasteiger partial charge on any atom is -0.350 e. The molecule has 0 saturated carbocycles. The van der Waals surface area contributed by atoms with Gasteiger partial charge in [-0.1, -0.05) is 13.8 Å². The van der Waals surface area contributed by atoms with Gasteiger partial charge in [0.05, 0.1) is 12.2 Å². The van der Waals surface area contributed by atoms with Gasteiger partial charge in [0, 0.05) is 18.7 Å². The van der Waals surface area contributed by atoms with Crippen LogP contribution in [0.3, 0.4) is 0 Å². The van der Waals surface area contributed by atoms with E-state index in [1.54, 1.807) is 6.20 Å². The van der Waals surface area contributed by atoms with Crippen molar-refractivity contribution in [3.63, 3.8) is 0 Å². The third-order valence-electron chi connectivity index (χ3n) is 2.90. The van der Waals surface area contributed by atoms with E-state index in [4.69, 9.17) is 0 Å². The van der Waals surface area contributed by atoms with Gasteiger partial charge in [-0.05, 0) is 25.8 Å². The van der Waals surface area contributed by atoms with Crippen LogP contribution < -0.4 is 5.32 Å². The number of nitrogens with zero attached hydrogens (tertiary/aromatic N) is 2. The lowest BCUT2D eigenvalue weighted by atomic mass is 10.0. The van der Waals surface area contributed by atoms with Crippen molar-refractivity contribution in [3.05, 3.63) is 18.0 Å². The first-order chi connectivity index (χ1) is 7.72. The highest BCUT2D eigenvalue weighted by Crippen LogP contribution is 2.07. The molecule has 0 aromatic carbocycles. The third kappa shape index (κ3) is 3.08. The molecule has 0 radical (unpaired) electrons. The fraction of sp³-hybridized carbons (Fsp3) is 0.667. The summed E-state index contributed by atoms with van der Waals surface area (Å²) in [4.78, 5) is 11.8. The van der Waals surface area contributed by atoms with E-state index in [0.717, 1.165) is 25.1 Å². The number of carbonyl (C=O) groups excluding carboxylic acids is 1. The molecule has 1 heterocycles. The molecule has 1 aromatic heterocycles. The molecule has 0 spiro atoms. The van der Waals surface area contributed by atoms with Crippen LogP contribution in [0.15, 0.2) is 12.3 Å². The van der Waals surface area contributed by atoms with E-state index in [9.17, 15) is 4.79 Å². The van der Waals surface area contributed by atoms with E-state index in [0.29, 0.717) is 6.54 Å². The molecule has 1 aromatic rings. The van der Waals surface area contributed by atoms with Gasteiger partial charge >= 0.3 is 0 Å². The zero-order valence-electron chi connectivity index (χ0n) is 10.4. The topological polar surface area (TPSA) is 46.9 Å². The summed E-state index contributed by atoms with van der Waals surface area (Å²) in [7, 11) is 0. The van der Waals surface area contributed by atoms with Gasteiger partial charge in [0.25, 0.3) is 0 Å². The molecule has 90 valence electrons. The molecular formula is C12H21N3O. The second-order valence-corrected chi connectivity index (χ2v) is 3.87. The van der Waals surface area contributed by atoms with Crippen molar-refractivity contribution in [1.29, 1.82) is 0 Å². The van der Waals surface area contributed by atoms with Gasteiger partial charge in [-0.15, -0.1) is 0 Å². The number of amides is 1. The third-order valence-corrected chi connectivity index (χ3v) is 2.90. The summed E-state index contributed by atoms with van der Waals surface area (Å²) < 4.78 is 1.90. The van der Waals surface area contributed by atoms with Crippen LogP contribution in [0.2, 0.25) is 0 Å². The number of aryl methyl sites for hydroxylation is 1. The Hall–Kier alpha value is -1.32. The van der Waals surface area contributed by atoms with Crippen LogP contribution in [0.1, 0.15) is 39.3 Å². The first kappa shape index (κ1) is 12.7. The Bertz CT molecular complexity index is 329. The number of hydrogen-bond acceptors (Lipinski definition) is 2. The molecular weight excluding hydrogens is 202 g/mol. The smallest absolute Gasteiger partial charge is 0.223 e. The van der Waals surface area contributed by atoms with E-state index in [2.05, 4.69) is 10.4 Å². The highest BCUT2D eigenvalue weighted by atomic mass is 16.1. The molecule has 0 aliphatic rings. The average Bonchev–Trinajstić information content (AvgIpc) is 2.75. The lowest BCUT2D eigenvalue weighted by Crippen LogP contribution is -2.30. The SMILES string of the molecule is CCC(CC)C(=O)NCc1ccnn1CC. The molecule has 0 aliphatic heterocycles. The molecule has 16 heavy (non-hydrogen) atoms. The monoisotopic (exact) mass is 223 g/mol. The molecule has 4 nitrogen and oxygen atoms in total. The van der Waals surface area contributed by atoms with Crippen molar-refractivity contribution in [1.82, 2.24) is 15.1 Å². The number of hydrogen-bond donors (Lipinski definition) is 1. The van der Waals surface area contributed by atoms with E-state index >= 15 is 0 Å². The zero-order chi connectivity index (χ0) is 12.0. The van der Waals surface area contributed by atoms with Crippen LogP contribution in [0, 0.1) is 5.92 Å². The molecule has 0 aliphatic carbocycles. The molecule has 0 atom stereocenters. The van der Waals surface area contributed by atoms with Crippen molar-refractivity contribution < 1.29 is 4.79 Å². The van der Waals surface area contributed by atoms with E-state index in [1.165, 1.54) is 0 Å². The highest BCUT2D eigenvalue weighted by Gasteiger charge is 2.13. The molecule has 0 bridgehead atoms. The molecule has 0 saturated heterocycles. The van der Waals surface area contributed by atoms with Crippen LogP contribution in [0.4, 0.5) is 0 Å². The summed E-state index contributed by atoms with van der Waals surface area (Å²) in [5, 5.41) is 7.13. The van der Waals surface area contributed by atoms with Crippen LogP contribution in [-0.2, 0) is 17.9 Å². The van der Waals surface area contributed by atoms with E-state index < -0.39 is 0 Å². The Kier molecular flexibility index (Phi) is 5.02. The normalized spacial score (nSPS) is 10.8. The number of rotatable bonds is 6. The van der Waals surface area contributed by atoms with Crippen molar-refractivity contribution >= 4 is 5.91 Å². The van der Waals surface area contributed by atoms with Crippen molar-refractivity contribution in [3.8, 4) is 0 Å². The molecule has 1 rings (SSSR count). The predicted octanol–water partition coefficient (Wildman–Crippen LogP) is 1.96. The zero-order valence-corrected chi connectivity index (χ0v) is 10.4. The largest absolute Gasteiger partial charge is 0.350 e. The van der Waals surface area contributed by atoms with Gasteiger partial charge in [-0.2, -0.15) is 5.10 Å². The molecule has 1 amide bonds. The predicted molar refractivity (Wildman–Crippen MR) is 63.8 cm³/mol. The van der Waals surface area contributed by atoms with Crippen LogP contribution >= 0.6 is 0 Å². The Balaban J connectivity index is 2.48. The molecule has 0 unspecified atom stereocenters. The summed E-state index contributed by atoms with van der Waals surface area (Å²) in [6, 6.07) is 1.94. The first-order valence-corrected chi connectivity index (χ1v) is 6.01. The van der Waals surface area contributed by atoms with Crippen LogP contribution in [0.5, 0.6) is 0 Å². The lowest BCUT2D eigenvalue weighted by Gasteiger charge is -2.13. The second kappa shape index (κ2) is 6.30. The van der Waals surface area contributed by atoms with Gasteiger partial charge in [0.2, 0.25) is 5.91 Å². The maximum absolute atomic E-state index is 11.8. The summed E-state index contributed by atoms with van der Waals surface area (Å²) in [5.74, 6) is 0.284. The van der Waals surface area contributed by atoms with Gasteiger partial charge in [0.15, 0.2) is 0 Å². The lowest BCUT2D eigenvalue weighted by molar-refractivity contribution is -0.125. The van der Waals surface area contributed by atoms with Crippen LogP contribution in [-0.4, -0.2) is 15.7 Å². The average molecular weight is 223 g/mol. The minimum absolute atomic E-state index is 0.137. The quantitative estimate of drug-likeness (QED) is 0.801. The standard InChI is InChI=1S/C12H21N3O/c1-4-10(5-2)12(16)13-9-11-7-8-14-15(11)6-3/h7-8,10H,4-6,9H2,1-3H3,(H,13,16). The molecule has 4 heteroatoms. The van der Waals surface area contributed by atoms with Crippen molar-refractivity contribution in [2.24, 2.45) is 5.92 Å².